The molecule has 5 nitrogen and oxygen atoms in total. The van der Waals surface area contributed by atoms with Gasteiger partial charge in [0, 0.05) is 19.0 Å². The molecule has 1 heterocycles. The van der Waals surface area contributed by atoms with E-state index in [9.17, 15) is 13.2 Å². The maximum atomic E-state index is 11.8. The predicted octanol–water partition coefficient (Wildman–Crippen LogP) is 1.40. The van der Waals surface area contributed by atoms with Crippen LogP contribution in [0.4, 0.5) is 30.8 Å². The molecular weight excluding hydrogens is 223 g/mol. The largest absolute Gasteiger partial charge is 0.389 e. The van der Waals surface area contributed by atoms with E-state index in [1.54, 1.807) is 0 Å². The summed E-state index contributed by atoms with van der Waals surface area (Å²) in [5.74, 6) is 0.483. The molecule has 0 aliphatic heterocycles. The molecule has 8 heteroatoms. The monoisotopic (exact) mass is 235 g/mol. The number of hydrogen-bond acceptors (Lipinski definition) is 5. The Balaban J connectivity index is 2.37. The molecule has 0 aromatic carbocycles. The fourth-order valence-corrected chi connectivity index (χ4v) is 1.08. The van der Waals surface area contributed by atoms with Gasteiger partial charge in [0.05, 0.1) is 0 Å². The molecule has 16 heavy (non-hydrogen) atoms. The molecule has 90 valence electrons. The minimum Gasteiger partial charge on any atom is -0.383 e. The smallest absolute Gasteiger partial charge is 0.383 e. The first-order valence-corrected chi connectivity index (χ1v) is 4.57. The van der Waals surface area contributed by atoms with Gasteiger partial charge in [-0.2, -0.15) is 23.1 Å². The van der Waals surface area contributed by atoms with Gasteiger partial charge in [0.15, 0.2) is 0 Å². The highest BCUT2D eigenvalue weighted by molar-refractivity contribution is 5.48. The zero-order chi connectivity index (χ0) is 12.2. The number of nitrogens with one attached hydrogen (secondary N) is 1. The van der Waals surface area contributed by atoms with Crippen molar-refractivity contribution in [2.45, 2.75) is 19.0 Å². The first-order valence-electron chi connectivity index (χ1n) is 4.57. The molecule has 0 fully saturated rings. The molecule has 0 aliphatic carbocycles. The van der Waals surface area contributed by atoms with Gasteiger partial charge in [-0.15, -0.1) is 0 Å². The summed E-state index contributed by atoms with van der Waals surface area (Å²) in [4.78, 5) is 7.39. The highest BCUT2D eigenvalue weighted by Crippen LogP contribution is 2.21. The fourth-order valence-electron chi connectivity index (χ4n) is 1.08. The van der Waals surface area contributed by atoms with Crippen LogP contribution in [0, 0.1) is 0 Å². The summed E-state index contributed by atoms with van der Waals surface area (Å²) in [7, 11) is 0. The second-order valence-electron chi connectivity index (χ2n) is 3.18. The van der Waals surface area contributed by atoms with Gasteiger partial charge < -0.3 is 16.8 Å². The number of anilines is 3. The van der Waals surface area contributed by atoms with Crippen molar-refractivity contribution in [3.63, 3.8) is 0 Å². The third-order valence-electron chi connectivity index (χ3n) is 1.71. The first-order chi connectivity index (χ1) is 7.37. The van der Waals surface area contributed by atoms with E-state index in [1.165, 1.54) is 6.07 Å². The third kappa shape index (κ3) is 4.67. The van der Waals surface area contributed by atoms with Crippen LogP contribution in [0.1, 0.15) is 12.8 Å². The van der Waals surface area contributed by atoms with Crippen molar-refractivity contribution in [3.8, 4) is 0 Å². The van der Waals surface area contributed by atoms with Crippen LogP contribution < -0.4 is 16.8 Å². The van der Waals surface area contributed by atoms with Gasteiger partial charge in [0.1, 0.15) is 11.6 Å². The summed E-state index contributed by atoms with van der Waals surface area (Å²) in [5.41, 5.74) is 10.7. The average Bonchev–Trinajstić information content (AvgIpc) is 2.09. The molecule has 5 N–H and O–H groups in total. The van der Waals surface area contributed by atoms with Crippen molar-refractivity contribution in [3.05, 3.63) is 6.07 Å². The van der Waals surface area contributed by atoms with Gasteiger partial charge in [-0.25, -0.2) is 0 Å². The average molecular weight is 235 g/mol. The Morgan fingerprint density at radius 2 is 1.94 bits per heavy atom. The zero-order valence-electron chi connectivity index (χ0n) is 8.38. The van der Waals surface area contributed by atoms with Gasteiger partial charge >= 0.3 is 6.18 Å². The lowest BCUT2D eigenvalue weighted by molar-refractivity contribution is -0.134. The Morgan fingerprint density at radius 3 is 2.50 bits per heavy atom. The lowest BCUT2D eigenvalue weighted by Gasteiger charge is -2.08. The molecular formula is C8H12F3N5. The van der Waals surface area contributed by atoms with Crippen molar-refractivity contribution in [1.82, 2.24) is 9.97 Å². The maximum Gasteiger partial charge on any atom is 0.389 e. The minimum atomic E-state index is -4.13. The molecule has 0 saturated carbocycles. The molecule has 1 rings (SSSR count). The summed E-state index contributed by atoms with van der Waals surface area (Å²) in [6, 6.07) is 1.41. The fraction of sp³-hybridized carbons (Fsp3) is 0.500. The van der Waals surface area contributed by atoms with Crippen molar-refractivity contribution in [2.75, 3.05) is 23.3 Å². The molecule has 0 bridgehead atoms. The van der Waals surface area contributed by atoms with Crippen LogP contribution in [0.25, 0.3) is 0 Å². The van der Waals surface area contributed by atoms with Crippen molar-refractivity contribution < 1.29 is 13.2 Å². The Kier molecular flexibility index (Phi) is 3.75. The lowest BCUT2D eigenvalue weighted by Crippen LogP contribution is -2.12. The van der Waals surface area contributed by atoms with Crippen molar-refractivity contribution >= 4 is 17.6 Å². The van der Waals surface area contributed by atoms with Crippen LogP contribution in [0.5, 0.6) is 0 Å². The zero-order valence-corrected chi connectivity index (χ0v) is 8.38. The maximum absolute atomic E-state index is 11.8. The molecule has 0 unspecified atom stereocenters. The van der Waals surface area contributed by atoms with Crippen LogP contribution in [0.2, 0.25) is 0 Å². The summed E-state index contributed by atoms with van der Waals surface area (Å²) in [6.45, 7) is 0.148. The quantitative estimate of drug-likeness (QED) is 0.686. The number of aromatic nitrogens is 2. The second kappa shape index (κ2) is 4.86. The van der Waals surface area contributed by atoms with Gasteiger partial charge in [-0.3, -0.25) is 0 Å². The third-order valence-corrected chi connectivity index (χ3v) is 1.71. The van der Waals surface area contributed by atoms with E-state index >= 15 is 0 Å². The normalized spacial score (nSPS) is 11.4. The summed E-state index contributed by atoms with van der Waals surface area (Å²) < 4.78 is 35.4. The van der Waals surface area contributed by atoms with Gasteiger partial charge in [0.2, 0.25) is 5.95 Å². The molecule has 0 saturated heterocycles. The van der Waals surface area contributed by atoms with E-state index in [2.05, 4.69) is 15.3 Å². The number of nitrogens with zero attached hydrogens (tertiary/aromatic N) is 2. The number of hydrogen-bond donors (Lipinski definition) is 3. The topological polar surface area (TPSA) is 89.8 Å². The van der Waals surface area contributed by atoms with E-state index in [0.29, 0.717) is 5.82 Å². The minimum absolute atomic E-state index is 0.0154. The Labute approximate surface area is 90.1 Å². The number of nitrogen functional groups attached to an aromatic ring is 2. The summed E-state index contributed by atoms with van der Waals surface area (Å²) in [5, 5.41) is 2.69. The molecule has 0 atom stereocenters. The van der Waals surface area contributed by atoms with E-state index in [4.69, 9.17) is 11.5 Å². The Bertz CT molecular complexity index is 332. The van der Waals surface area contributed by atoms with E-state index in [-0.39, 0.29) is 24.7 Å². The number of halogens is 3. The van der Waals surface area contributed by atoms with Crippen LogP contribution in [-0.4, -0.2) is 22.7 Å². The molecule has 0 spiro atoms. The lowest BCUT2D eigenvalue weighted by atomic mass is 10.3. The van der Waals surface area contributed by atoms with Crippen molar-refractivity contribution in [2.24, 2.45) is 0 Å². The van der Waals surface area contributed by atoms with E-state index in [1.807, 2.05) is 0 Å². The number of alkyl halides is 3. The SMILES string of the molecule is Nc1cc(NCCCC(F)(F)F)nc(N)n1. The molecule has 1 aromatic rings. The molecule has 0 aliphatic rings. The van der Waals surface area contributed by atoms with Gasteiger partial charge in [0.25, 0.3) is 0 Å². The van der Waals surface area contributed by atoms with Crippen LogP contribution >= 0.6 is 0 Å². The Morgan fingerprint density at radius 1 is 1.25 bits per heavy atom. The molecule has 1 aromatic heterocycles. The van der Waals surface area contributed by atoms with Crippen LogP contribution in [-0.2, 0) is 0 Å². The van der Waals surface area contributed by atoms with Crippen LogP contribution in [0.15, 0.2) is 6.07 Å². The molecule has 0 radical (unpaired) electrons. The molecule has 0 amide bonds. The number of rotatable bonds is 4. The predicted molar refractivity (Wildman–Crippen MR) is 54.6 cm³/mol. The van der Waals surface area contributed by atoms with Crippen LogP contribution in [0.3, 0.4) is 0 Å². The van der Waals surface area contributed by atoms with E-state index < -0.39 is 12.6 Å². The van der Waals surface area contributed by atoms with E-state index in [0.717, 1.165) is 0 Å². The second-order valence-corrected chi connectivity index (χ2v) is 3.18. The highest BCUT2D eigenvalue weighted by atomic mass is 19.4. The standard InChI is InChI=1S/C8H12F3N5/c9-8(10,11)2-1-3-14-6-4-5(12)15-7(13)16-6/h4H,1-3H2,(H5,12,13,14,15,16). The summed E-state index contributed by atoms with van der Waals surface area (Å²) >= 11 is 0. The first kappa shape index (κ1) is 12.3. The van der Waals surface area contributed by atoms with Crippen molar-refractivity contribution in [1.29, 1.82) is 0 Å². The number of nitrogens with two attached hydrogens (primary N) is 2. The van der Waals surface area contributed by atoms with Gasteiger partial charge in [-0.1, -0.05) is 0 Å². The Hall–Kier alpha value is -1.73. The highest BCUT2D eigenvalue weighted by Gasteiger charge is 2.25. The summed E-state index contributed by atoms with van der Waals surface area (Å²) in [6.07, 6.45) is -5.01. The van der Waals surface area contributed by atoms with Gasteiger partial charge in [-0.05, 0) is 6.42 Å².